The zero-order valence-electron chi connectivity index (χ0n) is 13.3. The van der Waals surface area contributed by atoms with E-state index >= 15 is 0 Å². The number of nitrogens with one attached hydrogen (secondary N) is 1. The molecule has 1 amide bonds. The minimum absolute atomic E-state index is 0.106. The number of methoxy groups -OCH3 is 1. The number of carbonyl (C=O) groups is 1. The second kappa shape index (κ2) is 7.24. The van der Waals surface area contributed by atoms with Crippen molar-refractivity contribution in [3.63, 3.8) is 0 Å². The summed E-state index contributed by atoms with van der Waals surface area (Å²) in [5.74, 6) is 0.842. The summed E-state index contributed by atoms with van der Waals surface area (Å²) in [5, 5.41) is 7.07. The zero-order chi connectivity index (χ0) is 15.4. The Bertz CT molecular complexity index is 515. The summed E-state index contributed by atoms with van der Waals surface area (Å²) >= 11 is 0. The van der Waals surface area contributed by atoms with E-state index in [-0.39, 0.29) is 5.91 Å². The number of aryl methyl sites for hydroxylation is 1. The number of nitrogens with zero attached hydrogens (tertiary/aromatic N) is 2. The first-order valence-corrected chi connectivity index (χ1v) is 8.25. The number of hydrogen-bond acceptors (Lipinski definition) is 5. The molecular formula is C16H25N3O3. The highest BCUT2D eigenvalue weighted by atomic mass is 16.5. The van der Waals surface area contributed by atoms with Crippen molar-refractivity contribution in [1.29, 1.82) is 0 Å². The molecule has 1 aromatic heterocycles. The Hall–Kier alpha value is -1.40. The largest absolute Gasteiger partial charge is 0.383 e. The Morgan fingerprint density at radius 1 is 1.45 bits per heavy atom. The number of carbonyl (C=O) groups excluding carboxylic acids is 1. The number of hydrogen-bond donors (Lipinski definition) is 1. The number of amides is 1. The van der Waals surface area contributed by atoms with Gasteiger partial charge in [0.1, 0.15) is 0 Å². The SMILES string of the molecule is COCCN1CC[C@H](CNC(=O)c2onc3c2CCCC3)C1. The third-order valence-corrected chi connectivity index (χ3v) is 4.70. The van der Waals surface area contributed by atoms with Gasteiger partial charge in [0.05, 0.1) is 12.3 Å². The van der Waals surface area contributed by atoms with Crippen molar-refractivity contribution in [2.45, 2.75) is 32.1 Å². The van der Waals surface area contributed by atoms with Crippen molar-refractivity contribution in [1.82, 2.24) is 15.4 Å². The average Bonchev–Trinajstić information content (AvgIpc) is 3.17. The van der Waals surface area contributed by atoms with Gasteiger partial charge >= 0.3 is 0 Å². The monoisotopic (exact) mass is 307 g/mol. The molecule has 1 aliphatic carbocycles. The summed E-state index contributed by atoms with van der Waals surface area (Å²) < 4.78 is 10.4. The molecular weight excluding hydrogens is 282 g/mol. The van der Waals surface area contributed by atoms with Crippen LogP contribution >= 0.6 is 0 Å². The van der Waals surface area contributed by atoms with Crippen molar-refractivity contribution >= 4 is 5.91 Å². The Labute approximate surface area is 131 Å². The molecule has 6 heteroatoms. The van der Waals surface area contributed by atoms with Crippen LogP contribution in [0, 0.1) is 5.92 Å². The molecule has 2 aliphatic rings. The van der Waals surface area contributed by atoms with E-state index < -0.39 is 0 Å². The standard InChI is InChI=1S/C16H25N3O3/c1-21-9-8-19-7-6-12(11-19)10-17-16(20)15-13-4-2-3-5-14(13)18-22-15/h12H,2-11H2,1H3,(H,17,20)/t12-/m1/s1. The fourth-order valence-electron chi connectivity index (χ4n) is 3.39. The van der Waals surface area contributed by atoms with E-state index in [2.05, 4.69) is 15.4 Å². The molecule has 1 saturated heterocycles. The van der Waals surface area contributed by atoms with Crippen LogP contribution in [0.5, 0.6) is 0 Å². The van der Waals surface area contributed by atoms with Gasteiger partial charge in [-0.15, -0.1) is 0 Å². The highest BCUT2D eigenvalue weighted by Gasteiger charge is 2.26. The molecule has 1 N–H and O–H groups in total. The fraction of sp³-hybridized carbons (Fsp3) is 0.750. The van der Waals surface area contributed by atoms with Crippen LogP contribution in [0.1, 0.15) is 41.1 Å². The minimum Gasteiger partial charge on any atom is -0.383 e. The molecule has 0 spiro atoms. The van der Waals surface area contributed by atoms with E-state index in [1.165, 1.54) is 0 Å². The molecule has 122 valence electrons. The van der Waals surface area contributed by atoms with Gasteiger partial charge in [-0.05, 0) is 44.6 Å². The molecule has 1 aromatic rings. The van der Waals surface area contributed by atoms with E-state index in [1.807, 2.05) is 0 Å². The molecule has 22 heavy (non-hydrogen) atoms. The van der Waals surface area contributed by atoms with E-state index in [0.717, 1.165) is 69.6 Å². The van der Waals surface area contributed by atoms with Gasteiger partial charge in [0, 0.05) is 32.3 Å². The Balaban J connectivity index is 1.48. The van der Waals surface area contributed by atoms with Gasteiger partial charge in [-0.3, -0.25) is 4.79 Å². The van der Waals surface area contributed by atoms with Crippen molar-refractivity contribution in [3.05, 3.63) is 17.0 Å². The quantitative estimate of drug-likeness (QED) is 0.857. The molecule has 0 aromatic carbocycles. The van der Waals surface area contributed by atoms with Gasteiger partial charge < -0.3 is 19.5 Å². The first-order valence-electron chi connectivity index (χ1n) is 8.25. The van der Waals surface area contributed by atoms with Crippen LogP contribution in [0.25, 0.3) is 0 Å². The summed E-state index contributed by atoms with van der Waals surface area (Å²) in [6.07, 6.45) is 5.23. The van der Waals surface area contributed by atoms with Gasteiger partial charge in [0.25, 0.3) is 5.91 Å². The normalized spacial score (nSPS) is 21.8. The smallest absolute Gasteiger partial charge is 0.290 e. The third-order valence-electron chi connectivity index (χ3n) is 4.70. The van der Waals surface area contributed by atoms with Crippen LogP contribution in [0.4, 0.5) is 0 Å². The van der Waals surface area contributed by atoms with E-state index in [9.17, 15) is 4.79 Å². The number of ether oxygens (including phenoxy) is 1. The van der Waals surface area contributed by atoms with Gasteiger partial charge in [-0.1, -0.05) is 5.16 Å². The molecule has 1 atom stereocenters. The maximum absolute atomic E-state index is 12.3. The molecule has 1 fully saturated rings. The van der Waals surface area contributed by atoms with Crippen LogP contribution in [0.15, 0.2) is 4.52 Å². The second-order valence-electron chi connectivity index (χ2n) is 6.30. The molecule has 1 aliphatic heterocycles. The number of fused-ring (bicyclic) bond motifs is 1. The van der Waals surface area contributed by atoms with Gasteiger partial charge in [0.2, 0.25) is 5.76 Å². The van der Waals surface area contributed by atoms with Gasteiger partial charge in [-0.2, -0.15) is 0 Å². The molecule has 2 heterocycles. The zero-order valence-corrected chi connectivity index (χ0v) is 13.3. The lowest BCUT2D eigenvalue weighted by atomic mass is 9.96. The third kappa shape index (κ3) is 3.50. The van der Waals surface area contributed by atoms with Crippen molar-refractivity contribution in [3.8, 4) is 0 Å². The van der Waals surface area contributed by atoms with E-state index in [4.69, 9.17) is 9.26 Å². The van der Waals surface area contributed by atoms with E-state index in [0.29, 0.717) is 18.2 Å². The molecule has 0 saturated carbocycles. The fourth-order valence-corrected chi connectivity index (χ4v) is 3.39. The van der Waals surface area contributed by atoms with Crippen LogP contribution in [0.3, 0.4) is 0 Å². The summed E-state index contributed by atoms with van der Waals surface area (Å²) in [7, 11) is 1.73. The first kappa shape index (κ1) is 15.5. The minimum atomic E-state index is -0.106. The molecule has 0 unspecified atom stereocenters. The lowest BCUT2D eigenvalue weighted by molar-refractivity contribution is 0.0908. The summed E-state index contributed by atoms with van der Waals surface area (Å²) in [6.45, 7) is 4.55. The highest BCUT2D eigenvalue weighted by molar-refractivity contribution is 5.93. The number of likely N-dealkylation sites (tertiary alicyclic amines) is 1. The predicted molar refractivity (Wildman–Crippen MR) is 81.9 cm³/mol. The average molecular weight is 307 g/mol. The topological polar surface area (TPSA) is 67.6 Å². The lowest BCUT2D eigenvalue weighted by Crippen LogP contribution is -2.32. The highest BCUT2D eigenvalue weighted by Crippen LogP contribution is 2.24. The van der Waals surface area contributed by atoms with Crippen LogP contribution in [-0.4, -0.2) is 55.9 Å². The van der Waals surface area contributed by atoms with Crippen LogP contribution in [0.2, 0.25) is 0 Å². The van der Waals surface area contributed by atoms with Gasteiger partial charge in [-0.25, -0.2) is 0 Å². The number of rotatable bonds is 6. The van der Waals surface area contributed by atoms with Crippen LogP contribution in [-0.2, 0) is 17.6 Å². The van der Waals surface area contributed by atoms with Gasteiger partial charge in [0.15, 0.2) is 0 Å². The van der Waals surface area contributed by atoms with Crippen LogP contribution < -0.4 is 5.32 Å². The molecule has 3 rings (SSSR count). The Kier molecular flexibility index (Phi) is 5.10. The predicted octanol–water partition coefficient (Wildman–Crippen LogP) is 1.25. The van der Waals surface area contributed by atoms with Crippen molar-refractivity contribution in [2.75, 3.05) is 39.9 Å². The summed E-state index contributed by atoms with van der Waals surface area (Å²) in [6, 6.07) is 0. The summed E-state index contributed by atoms with van der Waals surface area (Å²) in [5.41, 5.74) is 2.00. The van der Waals surface area contributed by atoms with E-state index in [1.54, 1.807) is 7.11 Å². The maximum Gasteiger partial charge on any atom is 0.290 e. The molecule has 6 nitrogen and oxygen atoms in total. The number of aromatic nitrogens is 1. The first-order chi connectivity index (χ1) is 10.8. The second-order valence-corrected chi connectivity index (χ2v) is 6.30. The van der Waals surface area contributed by atoms with Crippen molar-refractivity contribution < 1.29 is 14.1 Å². The lowest BCUT2D eigenvalue weighted by Gasteiger charge is -2.15. The summed E-state index contributed by atoms with van der Waals surface area (Å²) in [4.78, 5) is 14.7. The maximum atomic E-state index is 12.3. The molecule has 0 radical (unpaired) electrons. The van der Waals surface area contributed by atoms with Crippen molar-refractivity contribution in [2.24, 2.45) is 5.92 Å². The Morgan fingerprint density at radius 3 is 3.18 bits per heavy atom. The Morgan fingerprint density at radius 2 is 2.32 bits per heavy atom. The molecule has 0 bridgehead atoms.